The van der Waals surface area contributed by atoms with Crippen molar-refractivity contribution >= 4 is 12.2 Å². The van der Waals surface area contributed by atoms with E-state index in [1.807, 2.05) is 0 Å². The topological polar surface area (TPSA) is 80.5 Å². The Bertz CT molecular complexity index is 119. The van der Waals surface area contributed by atoms with Crippen molar-refractivity contribution in [1.82, 2.24) is 4.90 Å². The average molecular weight is 133 g/mol. The van der Waals surface area contributed by atoms with Crippen LogP contribution in [0.3, 0.4) is 0 Å². The van der Waals surface area contributed by atoms with Crippen LogP contribution in [0.5, 0.6) is 0 Å². The number of carbonyl (C=O) groups is 2. The number of amides is 2. The molecular weight excluding hydrogens is 126 g/mol. The van der Waals surface area contributed by atoms with Crippen LogP contribution in [-0.2, 0) is 0 Å². The summed E-state index contributed by atoms with van der Waals surface area (Å²) in [4.78, 5) is 20.1. The van der Waals surface area contributed by atoms with E-state index in [9.17, 15) is 9.59 Å². The predicted octanol–water partition coefficient (Wildman–Crippen LogP) is 0.502. The molecule has 2 N–H and O–H groups in total. The van der Waals surface area contributed by atoms with Crippen molar-refractivity contribution < 1.29 is 19.8 Å². The lowest BCUT2D eigenvalue weighted by atomic mass is 10.6. The molecule has 0 fully saturated rings. The van der Waals surface area contributed by atoms with E-state index in [-0.39, 0.29) is 6.54 Å². The Hall–Kier alpha value is -1.10. The molecule has 0 spiro atoms. The van der Waals surface area contributed by atoms with Gasteiger partial charge in [-0.05, 0) is 6.92 Å². The molecule has 0 bridgehead atoms. The van der Waals surface area contributed by atoms with Crippen LogP contribution < -0.4 is 4.90 Å². The molecule has 0 aliphatic heterocycles. The van der Waals surface area contributed by atoms with Gasteiger partial charge >= 0.3 is 12.2 Å². The van der Waals surface area contributed by atoms with Gasteiger partial charge in [0.1, 0.15) is 6.54 Å². The molecule has 0 saturated carbocycles. The SMILES string of the molecule is CC[N+](C(=O)O)C(=O)O. The number of rotatable bonds is 1. The normalized spacial score (nSPS) is 9.56. The van der Waals surface area contributed by atoms with Crippen molar-refractivity contribution in [3.05, 3.63) is 0 Å². The number of carboxylic acid groups (broad SMARTS) is 2. The molecule has 0 atom stereocenters. The van der Waals surface area contributed by atoms with Gasteiger partial charge < -0.3 is 10.2 Å². The van der Waals surface area contributed by atoms with E-state index in [1.54, 1.807) is 0 Å². The Balaban J connectivity index is 3.99. The number of imide groups is 1. The zero-order valence-corrected chi connectivity index (χ0v) is 4.87. The lowest BCUT2D eigenvalue weighted by molar-refractivity contribution is 0.150. The van der Waals surface area contributed by atoms with E-state index in [2.05, 4.69) is 0 Å². The molecule has 0 unspecified atom stereocenters. The Morgan fingerprint density at radius 1 is 1.33 bits per heavy atom. The summed E-state index contributed by atoms with van der Waals surface area (Å²) in [5.74, 6) is 0. The molecule has 0 saturated heterocycles. The van der Waals surface area contributed by atoms with Gasteiger partial charge in [-0.25, -0.2) is 0 Å². The quantitative estimate of drug-likeness (QED) is 0.510. The maximum absolute atomic E-state index is 9.92. The first-order valence-electron chi connectivity index (χ1n) is 2.33. The van der Waals surface area contributed by atoms with Gasteiger partial charge in [-0.15, -0.1) is 0 Å². The first kappa shape index (κ1) is 7.90. The van der Waals surface area contributed by atoms with E-state index >= 15 is 0 Å². The maximum atomic E-state index is 9.92. The van der Waals surface area contributed by atoms with Gasteiger partial charge in [0.2, 0.25) is 0 Å². The number of hydrogen-bond acceptors (Lipinski definition) is 2. The highest BCUT2D eigenvalue weighted by atomic mass is 16.4. The Morgan fingerprint density at radius 2 is 1.67 bits per heavy atom. The van der Waals surface area contributed by atoms with E-state index in [0.717, 1.165) is 0 Å². The Kier molecular flexibility index (Phi) is 2.66. The molecule has 0 aliphatic rings. The van der Waals surface area contributed by atoms with Crippen LogP contribution in [0, 0.1) is 0 Å². The van der Waals surface area contributed by atoms with Crippen LogP contribution >= 0.6 is 0 Å². The molecule has 2 amide bonds. The molecule has 0 aromatic rings. The molecule has 5 heteroatoms. The lowest BCUT2D eigenvalue weighted by Gasteiger charge is -1.91. The summed E-state index contributed by atoms with van der Waals surface area (Å²) in [6.07, 6.45) is -2.88. The van der Waals surface area contributed by atoms with Crippen LogP contribution in [0.15, 0.2) is 0 Å². The summed E-state index contributed by atoms with van der Waals surface area (Å²) in [7, 11) is 0. The fourth-order valence-electron chi connectivity index (χ4n) is 0.352. The summed E-state index contributed by atoms with van der Waals surface area (Å²) in [6.45, 7) is 1.41. The monoisotopic (exact) mass is 133 g/mol. The molecule has 0 aromatic heterocycles. The highest BCUT2D eigenvalue weighted by Crippen LogP contribution is 1.82. The predicted molar refractivity (Wildman–Crippen MR) is 28.7 cm³/mol. The van der Waals surface area contributed by atoms with Crippen molar-refractivity contribution in [2.75, 3.05) is 6.54 Å². The standard InChI is InChI=1S/C4H7NO4/c1-2-5(3(6)7)4(8)9/h2H2,1H3,(H,6,7)(H,8,9)/q+1. The van der Waals surface area contributed by atoms with Gasteiger partial charge in [0.25, 0.3) is 0 Å². The minimum absolute atomic E-state index is 0.0370. The van der Waals surface area contributed by atoms with Crippen molar-refractivity contribution in [2.45, 2.75) is 6.92 Å². The minimum atomic E-state index is -1.44. The zero-order chi connectivity index (χ0) is 7.44. The Labute approximate surface area is 51.5 Å². The molecule has 0 heterocycles. The van der Waals surface area contributed by atoms with Crippen LogP contribution in [0.2, 0.25) is 0 Å². The molecular formula is C4H7NO4+. The van der Waals surface area contributed by atoms with Gasteiger partial charge in [0, 0.05) is 4.90 Å². The van der Waals surface area contributed by atoms with Gasteiger partial charge in [0.05, 0.1) is 0 Å². The summed E-state index contributed by atoms with van der Waals surface area (Å²) in [5.41, 5.74) is 0. The summed E-state index contributed by atoms with van der Waals surface area (Å²) in [6, 6.07) is 0. The molecule has 9 heavy (non-hydrogen) atoms. The third-order valence-corrected chi connectivity index (χ3v) is 0.778. The third-order valence-electron chi connectivity index (χ3n) is 0.778. The average Bonchev–Trinajstić information content (AvgIpc) is 1.64. The molecule has 5 nitrogen and oxygen atoms in total. The third kappa shape index (κ3) is 2.09. The van der Waals surface area contributed by atoms with Crippen LogP contribution in [-0.4, -0.2) is 28.9 Å². The number of nitrogens with zero attached hydrogens (tertiary/aromatic N) is 1. The van der Waals surface area contributed by atoms with Crippen LogP contribution in [0.25, 0.3) is 0 Å². The Morgan fingerprint density at radius 3 is 1.67 bits per heavy atom. The van der Waals surface area contributed by atoms with Gasteiger partial charge in [0.15, 0.2) is 0 Å². The second-order valence-electron chi connectivity index (χ2n) is 1.31. The van der Waals surface area contributed by atoms with Crippen LogP contribution in [0.1, 0.15) is 6.92 Å². The fraction of sp³-hybridized carbons (Fsp3) is 0.500. The highest BCUT2D eigenvalue weighted by molar-refractivity contribution is 5.89. The van der Waals surface area contributed by atoms with E-state index in [1.165, 1.54) is 6.92 Å². The van der Waals surface area contributed by atoms with E-state index in [4.69, 9.17) is 10.2 Å². The van der Waals surface area contributed by atoms with Crippen molar-refractivity contribution in [1.29, 1.82) is 0 Å². The summed E-state index contributed by atoms with van der Waals surface area (Å²) in [5, 5.41) is 16.2. The van der Waals surface area contributed by atoms with Gasteiger partial charge in [-0.1, -0.05) is 0 Å². The first-order chi connectivity index (χ1) is 4.09. The molecule has 0 aliphatic carbocycles. The fourth-order valence-corrected chi connectivity index (χ4v) is 0.352. The largest absolute Gasteiger partial charge is 0.575 e. The second-order valence-corrected chi connectivity index (χ2v) is 1.31. The first-order valence-corrected chi connectivity index (χ1v) is 2.33. The summed E-state index contributed by atoms with van der Waals surface area (Å²) < 4.78 is 0. The number of hydrogen-bond donors (Lipinski definition) is 2. The highest BCUT2D eigenvalue weighted by Gasteiger charge is 2.32. The van der Waals surface area contributed by atoms with Crippen molar-refractivity contribution in [3.8, 4) is 0 Å². The minimum Gasteiger partial charge on any atom is -0.431 e. The van der Waals surface area contributed by atoms with Crippen LogP contribution in [0.4, 0.5) is 9.59 Å². The molecule has 1 radical (unpaired) electrons. The van der Waals surface area contributed by atoms with E-state index < -0.39 is 12.2 Å². The molecule has 0 aromatic carbocycles. The van der Waals surface area contributed by atoms with Crippen molar-refractivity contribution in [3.63, 3.8) is 0 Å². The van der Waals surface area contributed by atoms with Gasteiger partial charge in [-0.2, -0.15) is 9.59 Å². The smallest absolute Gasteiger partial charge is 0.431 e. The van der Waals surface area contributed by atoms with Crippen molar-refractivity contribution in [2.24, 2.45) is 0 Å². The van der Waals surface area contributed by atoms with Gasteiger partial charge in [-0.3, -0.25) is 0 Å². The lowest BCUT2D eigenvalue weighted by Crippen LogP contribution is -2.40. The maximum Gasteiger partial charge on any atom is 0.575 e. The second kappa shape index (κ2) is 3.03. The van der Waals surface area contributed by atoms with E-state index in [0.29, 0.717) is 4.90 Å². The molecule has 51 valence electrons. The summed E-state index contributed by atoms with van der Waals surface area (Å²) >= 11 is 0. The zero-order valence-electron chi connectivity index (χ0n) is 4.87. The molecule has 0 rings (SSSR count).